The van der Waals surface area contributed by atoms with Crippen LogP contribution in [0.5, 0.6) is 0 Å². The van der Waals surface area contributed by atoms with E-state index in [0.717, 1.165) is 54.4 Å². The van der Waals surface area contributed by atoms with Crippen molar-refractivity contribution >= 4 is 65.5 Å². The summed E-state index contributed by atoms with van der Waals surface area (Å²) in [5.41, 5.74) is 4.89. The molecule has 6 aromatic carbocycles. The molecule has 0 amide bonds. The summed E-state index contributed by atoms with van der Waals surface area (Å²) in [4.78, 5) is 8.01. The molecule has 4 heteroatoms. The van der Waals surface area contributed by atoms with Crippen LogP contribution in [-0.4, -0.2) is 14.5 Å². The van der Waals surface area contributed by atoms with Gasteiger partial charge >= 0.3 is 0 Å². The third-order valence-corrected chi connectivity index (χ3v) is 7.62. The number of hydrogen-bond donors (Lipinski definition) is 1. The number of para-hydroxylation sites is 3. The third kappa shape index (κ3) is 2.91. The van der Waals surface area contributed by atoms with Gasteiger partial charge in [-0.05, 0) is 71.3 Å². The Bertz CT molecular complexity index is 2570. The van der Waals surface area contributed by atoms with Gasteiger partial charge in [-0.15, -0.1) is 0 Å². The summed E-state index contributed by atoms with van der Waals surface area (Å²) in [7, 11) is 0. The summed E-state index contributed by atoms with van der Waals surface area (Å²) in [6.07, 6.45) is 0. The van der Waals surface area contributed by atoms with Gasteiger partial charge in [0.1, 0.15) is 5.52 Å². The van der Waals surface area contributed by atoms with Crippen molar-refractivity contribution in [3.8, 4) is 17.1 Å². The van der Waals surface area contributed by atoms with Crippen LogP contribution in [0.4, 0.5) is 0 Å². The molecule has 9 aromatic rings. The van der Waals surface area contributed by atoms with Crippen LogP contribution in [0.3, 0.4) is 0 Å². The van der Waals surface area contributed by atoms with Gasteiger partial charge in [0.05, 0.1) is 16.5 Å². The number of rotatable bonds is 2. The van der Waals surface area contributed by atoms with Gasteiger partial charge < -0.3 is 14.0 Å². The Labute approximate surface area is 228 Å². The molecule has 1 N–H and O–H groups in total. The first-order valence-corrected chi connectivity index (χ1v) is 12.8. The number of nitrogens with zero attached hydrogens (tertiary/aromatic N) is 2. The molecule has 3 aromatic heterocycles. The average molecular weight is 504 g/mol. The maximum Gasteiger partial charge on any atom is 0.227 e. The van der Waals surface area contributed by atoms with Gasteiger partial charge in [-0.1, -0.05) is 60.7 Å². The minimum Gasteiger partial charge on any atom is -0.436 e. The zero-order chi connectivity index (χ0) is 29.0. The molecule has 0 atom stereocenters. The van der Waals surface area contributed by atoms with E-state index in [4.69, 9.17) is 7.16 Å². The van der Waals surface area contributed by atoms with Crippen molar-refractivity contribution in [2.45, 2.75) is 0 Å². The van der Waals surface area contributed by atoms with Gasteiger partial charge in [0.25, 0.3) is 0 Å². The van der Waals surface area contributed by atoms with Gasteiger partial charge in [-0.3, -0.25) is 0 Å². The van der Waals surface area contributed by atoms with Crippen molar-refractivity contribution in [2.24, 2.45) is 0 Å². The lowest BCUT2D eigenvalue weighted by atomic mass is 10.0. The molecule has 0 saturated heterocycles. The molecule has 9 rings (SSSR count). The van der Waals surface area contributed by atoms with Crippen LogP contribution in [0, 0.1) is 0 Å². The smallest absolute Gasteiger partial charge is 0.227 e. The van der Waals surface area contributed by atoms with Crippen LogP contribution in [0.15, 0.2) is 126 Å². The number of aromatic nitrogens is 3. The lowest BCUT2D eigenvalue weighted by Gasteiger charge is -2.09. The number of oxazole rings is 1. The fourth-order valence-electron chi connectivity index (χ4n) is 5.88. The van der Waals surface area contributed by atoms with E-state index in [0.29, 0.717) is 11.1 Å². The van der Waals surface area contributed by atoms with Crippen LogP contribution in [0.25, 0.3) is 82.6 Å². The Morgan fingerprint density at radius 2 is 1.46 bits per heavy atom. The van der Waals surface area contributed by atoms with E-state index in [1.807, 2.05) is 53.1 Å². The highest BCUT2D eigenvalue weighted by Crippen LogP contribution is 2.40. The normalized spacial score (nSPS) is 13.5. The highest BCUT2D eigenvalue weighted by Gasteiger charge is 2.18. The standard InChI is InChI=1S/C35H21N3O/c1-2-8-24-21(7-1)15-18-31-34(24)27-19-26-25-9-3-4-10-28(25)36-30(26)20-32(27)38(31)23-16-13-22(14-17-23)35-37-29-11-5-6-12-33(29)39-35/h1-20,36H/i13D,14D,16D,17D. The Hall–Kier alpha value is -5.35. The molecule has 0 unspecified atom stereocenters. The first-order chi connectivity index (χ1) is 21.0. The molecule has 0 bridgehead atoms. The Morgan fingerprint density at radius 1 is 0.667 bits per heavy atom. The molecule has 0 fully saturated rings. The molecule has 4 nitrogen and oxygen atoms in total. The zero-order valence-corrected chi connectivity index (χ0v) is 20.5. The lowest BCUT2D eigenvalue weighted by molar-refractivity contribution is 0.620. The number of H-pyrrole nitrogens is 1. The first kappa shape index (κ1) is 17.2. The minimum atomic E-state index is -0.204. The van der Waals surface area contributed by atoms with Crippen LogP contribution in [0.2, 0.25) is 0 Å². The Morgan fingerprint density at radius 3 is 2.36 bits per heavy atom. The molecular formula is C35H21N3O. The minimum absolute atomic E-state index is 0.0409. The molecule has 0 radical (unpaired) electrons. The van der Waals surface area contributed by atoms with Crippen molar-refractivity contribution < 1.29 is 9.90 Å². The van der Waals surface area contributed by atoms with Gasteiger partial charge in [-0.2, -0.15) is 0 Å². The number of fused-ring (bicyclic) bond motifs is 9. The topological polar surface area (TPSA) is 46.8 Å². The van der Waals surface area contributed by atoms with Gasteiger partial charge in [-0.25, -0.2) is 4.98 Å². The fraction of sp³-hybridized carbons (Fsp3) is 0. The average Bonchev–Trinajstić information content (AvgIpc) is 3.71. The molecule has 0 spiro atoms. The number of hydrogen-bond acceptors (Lipinski definition) is 2. The highest BCUT2D eigenvalue weighted by atomic mass is 16.3. The predicted molar refractivity (Wildman–Crippen MR) is 161 cm³/mol. The molecular weight excluding hydrogens is 478 g/mol. The molecule has 0 aliphatic heterocycles. The SMILES string of the molecule is [2H]c1c([2H])c(-n2c3cc4[nH]c5ccccc5c4cc3c3c4ccccc4ccc32)c([2H])c([2H])c1-c1nc2ccccc2o1. The lowest BCUT2D eigenvalue weighted by Crippen LogP contribution is -1.94. The van der Waals surface area contributed by atoms with Crippen molar-refractivity contribution in [1.29, 1.82) is 0 Å². The summed E-state index contributed by atoms with van der Waals surface area (Å²) in [5.74, 6) is 0.0674. The summed E-state index contributed by atoms with van der Waals surface area (Å²) < 4.78 is 44.2. The summed E-state index contributed by atoms with van der Waals surface area (Å²) >= 11 is 0. The largest absolute Gasteiger partial charge is 0.436 e. The van der Waals surface area contributed by atoms with Crippen LogP contribution >= 0.6 is 0 Å². The third-order valence-electron chi connectivity index (χ3n) is 7.62. The quantitative estimate of drug-likeness (QED) is 0.255. The van der Waals surface area contributed by atoms with E-state index in [9.17, 15) is 2.74 Å². The van der Waals surface area contributed by atoms with E-state index in [1.165, 1.54) is 0 Å². The van der Waals surface area contributed by atoms with Gasteiger partial charge in [0.2, 0.25) is 5.89 Å². The number of benzene rings is 6. The summed E-state index contributed by atoms with van der Waals surface area (Å²) in [6.45, 7) is 0. The van der Waals surface area contributed by atoms with Gasteiger partial charge in [0.15, 0.2) is 5.58 Å². The van der Waals surface area contributed by atoms with Crippen molar-refractivity contribution in [1.82, 2.24) is 14.5 Å². The molecule has 182 valence electrons. The van der Waals surface area contributed by atoms with E-state index in [1.54, 1.807) is 12.1 Å². The van der Waals surface area contributed by atoms with Gasteiger partial charge in [0, 0.05) is 43.8 Å². The molecule has 3 heterocycles. The predicted octanol–water partition coefficient (Wildman–Crippen LogP) is 9.38. The first-order valence-electron chi connectivity index (χ1n) is 14.8. The van der Waals surface area contributed by atoms with E-state index < -0.39 is 0 Å². The van der Waals surface area contributed by atoms with Crippen LogP contribution in [-0.2, 0) is 0 Å². The van der Waals surface area contributed by atoms with Crippen molar-refractivity contribution in [3.63, 3.8) is 0 Å². The van der Waals surface area contributed by atoms with E-state index in [-0.39, 0.29) is 41.3 Å². The molecule has 0 saturated carbocycles. The summed E-state index contributed by atoms with van der Waals surface area (Å²) in [6, 6.07) is 31.1. The monoisotopic (exact) mass is 503 g/mol. The molecule has 0 aliphatic carbocycles. The van der Waals surface area contributed by atoms with Crippen molar-refractivity contribution in [2.75, 3.05) is 0 Å². The second-order valence-electron chi connectivity index (χ2n) is 9.81. The van der Waals surface area contributed by atoms with Crippen molar-refractivity contribution in [3.05, 3.63) is 121 Å². The van der Waals surface area contributed by atoms with E-state index in [2.05, 4.69) is 46.4 Å². The highest BCUT2D eigenvalue weighted by molar-refractivity contribution is 6.25. The zero-order valence-electron chi connectivity index (χ0n) is 24.5. The van der Waals surface area contributed by atoms with E-state index >= 15 is 0 Å². The maximum atomic E-state index is 9.21. The van der Waals surface area contributed by atoms with Crippen LogP contribution < -0.4 is 0 Å². The number of nitrogens with one attached hydrogen (secondary N) is 1. The fourth-order valence-corrected chi connectivity index (χ4v) is 5.88. The van der Waals surface area contributed by atoms with Crippen LogP contribution in [0.1, 0.15) is 5.48 Å². The summed E-state index contributed by atoms with van der Waals surface area (Å²) in [5, 5.41) is 6.32. The molecule has 0 aliphatic rings. The Kier molecular flexibility index (Phi) is 3.35. The second-order valence-corrected chi connectivity index (χ2v) is 9.81. The maximum absolute atomic E-state index is 9.21. The number of aromatic amines is 1. The molecule has 39 heavy (non-hydrogen) atoms. The second kappa shape index (κ2) is 7.59. The Balaban J connectivity index is 1.42.